The van der Waals surface area contributed by atoms with Gasteiger partial charge in [0.1, 0.15) is 11.9 Å². The minimum absolute atomic E-state index is 0.472. The van der Waals surface area contributed by atoms with Gasteiger partial charge in [-0.05, 0) is 55.9 Å². The van der Waals surface area contributed by atoms with Crippen LogP contribution in [0.5, 0.6) is 0 Å². The number of nitrogens with zero attached hydrogens (tertiary/aromatic N) is 2. The Labute approximate surface area is 118 Å². The quantitative estimate of drug-likeness (QED) is 0.899. The van der Waals surface area contributed by atoms with Crippen molar-refractivity contribution in [1.82, 2.24) is 4.98 Å². The summed E-state index contributed by atoms with van der Waals surface area (Å²) in [6.45, 7) is 0. The number of aryl methyl sites for hydroxylation is 2. The smallest absolute Gasteiger partial charge is 0.144 e. The average Bonchev–Trinajstić information content (AvgIpc) is 2.47. The van der Waals surface area contributed by atoms with Crippen LogP contribution in [0, 0.1) is 11.3 Å². The average molecular weight is 273 g/mol. The zero-order chi connectivity index (χ0) is 13.1. The van der Waals surface area contributed by atoms with Crippen LogP contribution in [0.4, 0.5) is 5.82 Å². The molecule has 19 heavy (non-hydrogen) atoms. The lowest BCUT2D eigenvalue weighted by Gasteiger charge is -2.24. The number of anilines is 1. The molecular weight excluding hydrogens is 254 g/mol. The number of rotatable bonds is 2. The highest BCUT2D eigenvalue weighted by atomic mass is 32.2. The zero-order valence-corrected chi connectivity index (χ0v) is 11.9. The molecular formula is C15H19N3S. The van der Waals surface area contributed by atoms with Crippen molar-refractivity contribution >= 4 is 17.6 Å². The Hall–Kier alpha value is -1.21. The normalized spacial score (nSPS) is 22.4. The predicted molar refractivity (Wildman–Crippen MR) is 79.6 cm³/mol. The second-order valence-corrected chi connectivity index (χ2v) is 6.52. The fraction of sp³-hybridized carbons (Fsp3) is 0.600. The molecule has 1 aromatic heterocycles. The van der Waals surface area contributed by atoms with Crippen molar-refractivity contribution in [3.63, 3.8) is 0 Å². The number of nitrogens with one attached hydrogen (secondary N) is 1. The first-order chi connectivity index (χ1) is 9.36. The van der Waals surface area contributed by atoms with Gasteiger partial charge in [0.05, 0.1) is 5.56 Å². The van der Waals surface area contributed by atoms with Gasteiger partial charge in [-0.15, -0.1) is 0 Å². The lowest BCUT2D eigenvalue weighted by Crippen LogP contribution is -2.27. The third-order valence-electron chi connectivity index (χ3n) is 3.92. The van der Waals surface area contributed by atoms with Gasteiger partial charge in [-0.1, -0.05) is 0 Å². The van der Waals surface area contributed by atoms with Gasteiger partial charge in [-0.25, -0.2) is 4.98 Å². The van der Waals surface area contributed by atoms with Gasteiger partial charge in [0.25, 0.3) is 0 Å². The highest BCUT2D eigenvalue weighted by Gasteiger charge is 2.19. The summed E-state index contributed by atoms with van der Waals surface area (Å²) in [6, 6.07) is 4.83. The number of thioether (sulfide) groups is 1. The van der Waals surface area contributed by atoms with Crippen LogP contribution in [0.25, 0.3) is 0 Å². The maximum Gasteiger partial charge on any atom is 0.144 e. The molecule has 0 saturated carbocycles. The van der Waals surface area contributed by atoms with Crippen LogP contribution in [0.3, 0.4) is 0 Å². The van der Waals surface area contributed by atoms with E-state index < -0.39 is 0 Å². The van der Waals surface area contributed by atoms with Gasteiger partial charge in [-0.2, -0.15) is 17.0 Å². The molecule has 1 aromatic rings. The number of hydrogen-bond donors (Lipinski definition) is 1. The van der Waals surface area contributed by atoms with Gasteiger partial charge < -0.3 is 5.32 Å². The monoisotopic (exact) mass is 273 g/mol. The first-order valence-corrected chi connectivity index (χ1v) is 8.29. The summed E-state index contributed by atoms with van der Waals surface area (Å²) in [6.07, 6.45) is 7.05. The van der Waals surface area contributed by atoms with E-state index in [-0.39, 0.29) is 0 Å². The standard InChI is InChI=1S/C15H19N3S/c16-9-12-8-11-4-1-2-6-14(11)18-15(12)17-13-5-3-7-19-10-13/h8,13H,1-7,10H2,(H,17,18). The molecule has 2 heterocycles. The lowest BCUT2D eigenvalue weighted by atomic mass is 9.95. The molecule has 0 amide bonds. The van der Waals surface area contributed by atoms with Gasteiger partial charge in [0, 0.05) is 17.5 Å². The number of fused-ring (bicyclic) bond motifs is 1. The largest absolute Gasteiger partial charge is 0.365 e. The van der Waals surface area contributed by atoms with Crippen molar-refractivity contribution in [2.24, 2.45) is 0 Å². The summed E-state index contributed by atoms with van der Waals surface area (Å²) in [5.41, 5.74) is 3.21. The number of pyridine rings is 1. The Balaban J connectivity index is 1.84. The highest BCUT2D eigenvalue weighted by molar-refractivity contribution is 7.99. The fourth-order valence-electron chi connectivity index (χ4n) is 2.88. The Morgan fingerprint density at radius 3 is 3.00 bits per heavy atom. The summed E-state index contributed by atoms with van der Waals surface area (Å²) in [5.74, 6) is 3.21. The molecule has 0 spiro atoms. The Bertz CT molecular complexity index is 501. The van der Waals surface area contributed by atoms with Crippen molar-refractivity contribution in [3.05, 3.63) is 22.9 Å². The number of hydrogen-bond acceptors (Lipinski definition) is 4. The van der Waals surface area contributed by atoms with Gasteiger partial charge >= 0.3 is 0 Å². The molecule has 1 aliphatic heterocycles. The van der Waals surface area contributed by atoms with Crippen molar-refractivity contribution < 1.29 is 0 Å². The van der Waals surface area contributed by atoms with Crippen molar-refractivity contribution in [3.8, 4) is 6.07 Å². The van der Waals surface area contributed by atoms with Crippen molar-refractivity contribution in [2.45, 2.75) is 44.6 Å². The Kier molecular flexibility index (Phi) is 3.93. The van der Waals surface area contributed by atoms with Crippen molar-refractivity contribution in [1.29, 1.82) is 5.26 Å². The predicted octanol–water partition coefficient (Wildman–Crippen LogP) is 3.14. The molecule has 1 saturated heterocycles. The second-order valence-electron chi connectivity index (χ2n) is 5.37. The van der Waals surface area contributed by atoms with Gasteiger partial charge in [-0.3, -0.25) is 0 Å². The molecule has 0 radical (unpaired) electrons. The number of nitriles is 1. The molecule has 1 N–H and O–H groups in total. The maximum atomic E-state index is 9.31. The third-order valence-corrected chi connectivity index (χ3v) is 5.14. The molecule has 0 bridgehead atoms. The highest BCUT2D eigenvalue weighted by Crippen LogP contribution is 2.26. The maximum absolute atomic E-state index is 9.31. The van der Waals surface area contributed by atoms with Crippen LogP contribution in [-0.4, -0.2) is 22.5 Å². The van der Waals surface area contributed by atoms with E-state index in [4.69, 9.17) is 4.98 Å². The van der Waals surface area contributed by atoms with Crippen molar-refractivity contribution in [2.75, 3.05) is 16.8 Å². The molecule has 1 atom stereocenters. The van der Waals surface area contributed by atoms with Crippen LogP contribution >= 0.6 is 11.8 Å². The van der Waals surface area contributed by atoms with E-state index in [2.05, 4.69) is 17.5 Å². The molecule has 1 fully saturated rings. The summed E-state index contributed by atoms with van der Waals surface area (Å²) in [4.78, 5) is 4.74. The first kappa shape index (κ1) is 12.8. The lowest BCUT2D eigenvalue weighted by molar-refractivity contribution is 0.660. The minimum atomic E-state index is 0.472. The van der Waals surface area contributed by atoms with Crippen LogP contribution < -0.4 is 5.32 Å². The molecule has 3 nitrogen and oxygen atoms in total. The molecule has 3 rings (SSSR count). The topological polar surface area (TPSA) is 48.7 Å². The molecule has 1 unspecified atom stereocenters. The van der Waals surface area contributed by atoms with E-state index in [0.717, 1.165) is 30.0 Å². The van der Waals surface area contributed by atoms with E-state index in [0.29, 0.717) is 6.04 Å². The second kappa shape index (κ2) is 5.83. The molecule has 4 heteroatoms. The Morgan fingerprint density at radius 1 is 1.32 bits per heavy atom. The van der Waals surface area contributed by atoms with E-state index >= 15 is 0 Å². The van der Waals surface area contributed by atoms with E-state index in [1.54, 1.807) is 0 Å². The summed E-state index contributed by atoms with van der Waals surface area (Å²) < 4.78 is 0. The van der Waals surface area contributed by atoms with E-state index in [9.17, 15) is 5.26 Å². The summed E-state index contributed by atoms with van der Waals surface area (Å²) >= 11 is 1.99. The number of aromatic nitrogens is 1. The fourth-order valence-corrected chi connectivity index (χ4v) is 3.95. The minimum Gasteiger partial charge on any atom is -0.365 e. The molecule has 2 aliphatic rings. The van der Waals surface area contributed by atoms with Crippen LogP contribution in [0.15, 0.2) is 6.07 Å². The van der Waals surface area contributed by atoms with Crippen LogP contribution in [-0.2, 0) is 12.8 Å². The molecule has 0 aromatic carbocycles. The van der Waals surface area contributed by atoms with Crippen LogP contribution in [0.1, 0.15) is 42.5 Å². The molecule has 100 valence electrons. The van der Waals surface area contributed by atoms with E-state index in [1.807, 2.05) is 11.8 Å². The third kappa shape index (κ3) is 2.87. The zero-order valence-electron chi connectivity index (χ0n) is 11.1. The van der Waals surface area contributed by atoms with Gasteiger partial charge in [0.15, 0.2) is 0 Å². The van der Waals surface area contributed by atoms with E-state index in [1.165, 1.54) is 42.7 Å². The summed E-state index contributed by atoms with van der Waals surface area (Å²) in [7, 11) is 0. The summed E-state index contributed by atoms with van der Waals surface area (Å²) in [5, 5.41) is 12.8. The van der Waals surface area contributed by atoms with Crippen LogP contribution in [0.2, 0.25) is 0 Å². The van der Waals surface area contributed by atoms with Gasteiger partial charge in [0.2, 0.25) is 0 Å². The first-order valence-electron chi connectivity index (χ1n) is 7.14. The SMILES string of the molecule is N#Cc1cc2c(nc1NC1CCCSC1)CCCC2. The molecule has 1 aliphatic carbocycles. The Morgan fingerprint density at radius 2 is 2.21 bits per heavy atom.